The van der Waals surface area contributed by atoms with Crippen molar-refractivity contribution in [3.8, 4) is 0 Å². The molecule has 3 rings (SSSR count). The molecule has 9 nitrogen and oxygen atoms in total. The summed E-state index contributed by atoms with van der Waals surface area (Å²) in [5.74, 6) is -1.75. The quantitative estimate of drug-likeness (QED) is 0.401. The monoisotopic (exact) mass is 547 g/mol. The number of carbonyl (C=O) groups is 3. The van der Waals surface area contributed by atoms with Crippen LogP contribution >= 0.6 is 11.6 Å². The highest BCUT2D eigenvalue weighted by Crippen LogP contribution is 2.33. The maximum atomic E-state index is 13.7. The third-order valence-electron chi connectivity index (χ3n) is 5.38. The van der Waals surface area contributed by atoms with E-state index in [9.17, 15) is 22.8 Å². The number of rotatable bonds is 7. The molecule has 1 aliphatic heterocycles. The number of fused-ring (bicyclic) bond motifs is 1. The molecule has 0 aliphatic carbocycles. The Labute approximate surface area is 221 Å². The van der Waals surface area contributed by atoms with Crippen LogP contribution in [0, 0.1) is 0 Å². The highest BCUT2D eigenvalue weighted by atomic mass is 35.5. The van der Waals surface area contributed by atoms with E-state index in [4.69, 9.17) is 16.3 Å². The molecule has 0 unspecified atom stereocenters. The number of hydrogen-bond donors (Lipinski definition) is 2. The number of nitrogens with zero attached hydrogens (tertiary/aromatic N) is 1. The van der Waals surface area contributed by atoms with Gasteiger partial charge in [-0.25, -0.2) is 13.2 Å². The largest absolute Gasteiger partial charge is 0.444 e. The lowest BCUT2D eigenvalue weighted by Crippen LogP contribution is -2.51. The molecule has 198 valence electrons. The van der Waals surface area contributed by atoms with Crippen molar-refractivity contribution in [3.05, 3.63) is 71.3 Å². The molecule has 1 atom stereocenters. The SMILES string of the molecule is C=CCCNC(=O)c1ccc2c(c1)N(Cc1ccc(Cl)cc1)C(=O)[C@@H](NC(=O)OC(C)(C)C)CS2(=O)=O. The van der Waals surface area contributed by atoms with Crippen LogP contribution in [0.25, 0.3) is 0 Å². The molecule has 1 heterocycles. The molecule has 37 heavy (non-hydrogen) atoms. The molecule has 2 N–H and O–H groups in total. The van der Waals surface area contributed by atoms with Crippen molar-refractivity contribution in [2.24, 2.45) is 0 Å². The number of anilines is 1. The lowest BCUT2D eigenvalue weighted by molar-refractivity contribution is -0.120. The third kappa shape index (κ3) is 7.33. The van der Waals surface area contributed by atoms with Crippen LogP contribution in [-0.2, 0) is 25.9 Å². The van der Waals surface area contributed by atoms with E-state index in [0.29, 0.717) is 23.6 Å². The van der Waals surface area contributed by atoms with Crippen LogP contribution in [-0.4, -0.2) is 50.3 Å². The number of hydrogen-bond acceptors (Lipinski definition) is 6. The van der Waals surface area contributed by atoms with Gasteiger partial charge in [-0.1, -0.05) is 29.8 Å². The second-order valence-electron chi connectivity index (χ2n) is 9.55. The van der Waals surface area contributed by atoms with Gasteiger partial charge in [0, 0.05) is 17.1 Å². The van der Waals surface area contributed by atoms with E-state index < -0.39 is 45.1 Å². The Kier molecular flexibility index (Phi) is 8.65. The van der Waals surface area contributed by atoms with E-state index >= 15 is 0 Å². The minimum absolute atomic E-state index is 0.0213. The molecule has 2 aromatic rings. The summed E-state index contributed by atoms with van der Waals surface area (Å²) in [6, 6.07) is 9.38. The molecule has 0 radical (unpaired) electrons. The van der Waals surface area contributed by atoms with Crippen LogP contribution in [0.1, 0.15) is 43.1 Å². The van der Waals surface area contributed by atoms with Crippen molar-refractivity contribution in [3.63, 3.8) is 0 Å². The average Bonchev–Trinajstić information content (AvgIpc) is 2.87. The Morgan fingerprint density at radius 2 is 1.86 bits per heavy atom. The zero-order valence-corrected chi connectivity index (χ0v) is 22.5. The number of amides is 3. The Hall–Kier alpha value is -3.37. The number of halogens is 1. The van der Waals surface area contributed by atoms with Gasteiger partial charge in [0.25, 0.3) is 11.8 Å². The Morgan fingerprint density at radius 3 is 2.49 bits per heavy atom. The van der Waals surface area contributed by atoms with Gasteiger partial charge in [0.2, 0.25) is 0 Å². The van der Waals surface area contributed by atoms with Crippen molar-refractivity contribution >= 4 is 45.0 Å². The molecule has 0 aromatic heterocycles. The second kappa shape index (κ2) is 11.4. The van der Waals surface area contributed by atoms with Crippen molar-refractivity contribution < 1.29 is 27.5 Å². The lowest BCUT2D eigenvalue weighted by Gasteiger charge is -2.27. The van der Waals surface area contributed by atoms with Crippen LogP contribution in [0.15, 0.2) is 60.0 Å². The van der Waals surface area contributed by atoms with Gasteiger partial charge in [0.1, 0.15) is 11.6 Å². The standard InChI is InChI=1S/C26H30ClN3O6S/c1-5-6-13-28-23(31)18-9-12-22-21(14-18)30(15-17-7-10-19(27)11-8-17)24(32)20(16-37(22,34)35)29-25(33)36-26(2,3)4/h5,7-12,14,20H,1,6,13,15-16H2,2-4H3,(H,28,31)(H,29,33)/t20-/m0/s1. The summed E-state index contributed by atoms with van der Waals surface area (Å²) < 4.78 is 31.9. The Balaban J connectivity index is 2.06. The van der Waals surface area contributed by atoms with Gasteiger partial charge in [-0.15, -0.1) is 6.58 Å². The molecular weight excluding hydrogens is 518 g/mol. The maximum absolute atomic E-state index is 13.7. The summed E-state index contributed by atoms with van der Waals surface area (Å²) in [5, 5.41) is 5.64. The number of ether oxygens (including phenoxy) is 1. The fourth-order valence-corrected chi connectivity index (χ4v) is 5.43. The van der Waals surface area contributed by atoms with Crippen molar-refractivity contribution in [2.75, 3.05) is 17.2 Å². The molecular formula is C26H30ClN3O6S. The number of nitrogens with one attached hydrogen (secondary N) is 2. The summed E-state index contributed by atoms with van der Waals surface area (Å²) in [5.41, 5.74) is 0.0476. The van der Waals surface area contributed by atoms with Gasteiger partial charge in [-0.3, -0.25) is 9.59 Å². The number of benzene rings is 2. The summed E-state index contributed by atoms with van der Waals surface area (Å²) in [6.07, 6.45) is 1.30. The topological polar surface area (TPSA) is 122 Å². The fourth-order valence-electron chi connectivity index (χ4n) is 3.70. The first-order valence-corrected chi connectivity index (χ1v) is 13.6. The van der Waals surface area contributed by atoms with E-state index in [1.54, 1.807) is 51.1 Å². The van der Waals surface area contributed by atoms with Gasteiger partial charge in [-0.2, -0.15) is 0 Å². The minimum atomic E-state index is -4.04. The zero-order chi connectivity index (χ0) is 27.4. The molecule has 2 aromatic carbocycles. The fraction of sp³-hybridized carbons (Fsp3) is 0.346. The van der Waals surface area contributed by atoms with Crippen LogP contribution in [0.4, 0.5) is 10.5 Å². The average molecular weight is 548 g/mol. The predicted molar refractivity (Wildman–Crippen MR) is 141 cm³/mol. The second-order valence-corrected chi connectivity index (χ2v) is 12.0. The first-order valence-electron chi connectivity index (χ1n) is 11.6. The van der Waals surface area contributed by atoms with E-state index in [-0.39, 0.29) is 22.7 Å². The first kappa shape index (κ1) is 28.2. The summed E-state index contributed by atoms with van der Waals surface area (Å²) in [6.45, 7) is 8.91. The molecule has 1 aliphatic rings. The van der Waals surface area contributed by atoms with Gasteiger partial charge in [0.05, 0.1) is 22.9 Å². The molecule has 0 spiro atoms. The molecule has 0 bridgehead atoms. The van der Waals surface area contributed by atoms with E-state index in [0.717, 1.165) is 0 Å². The summed E-state index contributed by atoms with van der Waals surface area (Å²) in [4.78, 5) is 40.0. The van der Waals surface area contributed by atoms with Crippen LogP contribution < -0.4 is 15.5 Å². The highest BCUT2D eigenvalue weighted by Gasteiger charge is 2.39. The summed E-state index contributed by atoms with van der Waals surface area (Å²) >= 11 is 6.00. The Morgan fingerprint density at radius 1 is 1.19 bits per heavy atom. The van der Waals surface area contributed by atoms with Crippen molar-refractivity contribution in [1.82, 2.24) is 10.6 Å². The van der Waals surface area contributed by atoms with Crippen molar-refractivity contribution in [2.45, 2.75) is 50.3 Å². The molecule has 0 fully saturated rings. The van der Waals surface area contributed by atoms with Crippen LogP contribution in [0.2, 0.25) is 5.02 Å². The normalized spacial score (nSPS) is 16.8. The van der Waals surface area contributed by atoms with Crippen LogP contribution in [0.3, 0.4) is 0 Å². The Bertz CT molecular complexity index is 1300. The molecule has 0 saturated heterocycles. The highest BCUT2D eigenvalue weighted by molar-refractivity contribution is 7.91. The zero-order valence-electron chi connectivity index (χ0n) is 20.9. The molecule has 3 amide bonds. The van der Waals surface area contributed by atoms with Gasteiger partial charge in [-0.05, 0) is 63.1 Å². The number of alkyl carbamates (subject to hydrolysis) is 1. The number of carbonyl (C=O) groups excluding carboxylic acids is 3. The van der Waals surface area contributed by atoms with E-state index in [1.807, 2.05) is 0 Å². The number of sulfone groups is 1. The van der Waals surface area contributed by atoms with E-state index in [1.165, 1.54) is 23.1 Å². The predicted octanol–water partition coefficient (Wildman–Crippen LogP) is 3.86. The molecule has 11 heteroatoms. The van der Waals surface area contributed by atoms with Gasteiger partial charge in [0.15, 0.2) is 9.84 Å². The lowest BCUT2D eigenvalue weighted by atomic mass is 10.1. The van der Waals surface area contributed by atoms with Gasteiger partial charge < -0.3 is 20.3 Å². The first-order chi connectivity index (χ1) is 17.3. The van der Waals surface area contributed by atoms with E-state index in [2.05, 4.69) is 17.2 Å². The summed E-state index contributed by atoms with van der Waals surface area (Å²) in [7, 11) is -4.04. The van der Waals surface area contributed by atoms with Gasteiger partial charge >= 0.3 is 6.09 Å². The van der Waals surface area contributed by atoms with Crippen LogP contribution in [0.5, 0.6) is 0 Å². The minimum Gasteiger partial charge on any atom is -0.444 e. The van der Waals surface area contributed by atoms with Crippen molar-refractivity contribution in [1.29, 1.82) is 0 Å². The smallest absolute Gasteiger partial charge is 0.408 e. The maximum Gasteiger partial charge on any atom is 0.408 e. The molecule has 0 saturated carbocycles. The third-order valence-corrected chi connectivity index (χ3v) is 7.42.